The number of methoxy groups -OCH3 is 1. The number of carbonyl (C=O) groups is 1. The lowest BCUT2D eigenvalue weighted by Gasteiger charge is -2.34. The number of nitrogens with zero attached hydrogens (tertiary/aromatic N) is 4. The Bertz CT molecular complexity index is 991. The summed E-state index contributed by atoms with van der Waals surface area (Å²) in [4.78, 5) is 17.8. The number of piperazine rings is 1. The van der Waals surface area contributed by atoms with Crippen molar-refractivity contribution in [3.63, 3.8) is 0 Å². The molecule has 1 saturated heterocycles. The standard InChI is InChI=1S/C24H28N4O2/c1-3-26-13-15-27(16-14-26)24(29)21-18-28(17-19-9-5-4-6-10-19)25-23(21)20-11-7-8-12-22(20)30-2/h4-12,18H,3,13-17H2,1-2H3. The third kappa shape index (κ3) is 4.24. The van der Waals surface area contributed by atoms with E-state index in [1.807, 2.05) is 58.2 Å². The van der Waals surface area contributed by atoms with Gasteiger partial charge in [-0.05, 0) is 24.2 Å². The van der Waals surface area contributed by atoms with E-state index >= 15 is 0 Å². The first kappa shape index (κ1) is 20.2. The second-order valence-corrected chi connectivity index (χ2v) is 7.50. The molecule has 6 nitrogen and oxygen atoms in total. The summed E-state index contributed by atoms with van der Waals surface area (Å²) in [7, 11) is 1.64. The first-order valence-corrected chi connectivity index (χ1v) is 10.5. The van der Waals surface area contributed by atoms with E-state index in [1.54, 1.807) is 7.11 Å². The van der Waals surface area contributed by atoms with Gasteiger partial charge in [-0.15, -0.1) is 0 Å². The van der Waals surface area contributed by atoms with Gasteiger partial charge in [-0.3, -0.25) is 9.48 Å². The van der Waals surface area contributed by atoms with Crippen molar-refractivity contribution in [2.24, 2.45) is 0 Å². The van der Waals surface area contributed by atoms with Gasteiger partial charge in [0.25, 0.3) is 5.91 Å². The highest BCUT2D eigenvalue weighted by molar-refractivity contribution is 6.00. The van der Waals surface area contributed by atoms with Crippen LogP contribution >= 0.6 is 0 Å². The van der Waals surface area contributed by atoms with E-state index in [-0.39, 0.29) is 5.91 Å². The summed E-state index contributed by atoms with van der Waals surface area (Å²) in [6, 6.07) is 17.9. The molecule has 0 spiro atoms. The number of para-hydroxylation sites is 1. The van der Waals surface area contributed by atoms with Gasteiger partial charge < -0.3 is 14.5 Å². The smallest absolute Gasteiger partial charge is 0.257 e. The van der Waals surface area contributed by atoms with E-state index in [9.17, 15) is 4.79 Å². The number of likely N-dealkylation sites (N-methyl/N-ethyl adjacent to an activating group) is 1. The average Bonchev–Trinajstić information content (AvgIpc) is 3.22. The monoisotopic (exact) mass is 404 g/mol. The Labute approximate surface area is 177 Å². The zero-order valence-corrected chi connectivity index (χ0v) is 17.6. The summed E-state index contributed by atoms with van der Waals surface area (Å²) in [6.45, 7) is 7.08. The molecule has 1 aromatic heterocycles. The van der Waals surface area contributed by atoms with Gasteiger partial charge in [0.1, 0.15) is 11.4 Å². The second-order valence-electron chi connectivity index (χ2n) is 7.50. The summed E-state index contributed by atoms with van der Waals surface area (Å²) < 4.78 is 7.41. The molecule has 0 bridgehead atoms. The zero-order chi connectivity index (χ0) is 20.9. The maximum absolute atomic E-state index is 13.5. The molecule has 1 fully saturated rings. The lowest BCUT2D eigenvalue weighted by atomic mass is 10.1. The van der Waals surface area contributed by atoms with Gasteiger partial charge in [0.2, 0.25) is 0 Å². The molecule has 30 heavy (non-hydrogen) atoms. The minimum Gasteiger partial charge on any atom is -0.496 e. The zero-order valence-electron chi connectivity index (χ0n) is 17.6. The van der Waals surface area contributed by atoms with E-state index in [0.717, 1.165) is 43.9 Å². The van der Waals surface area contributed by atoms with Crippen LogP contribution in [0.4, 0.5) is 0 Å². The van der Waals surface area contributed by atoms with Crippen LogP contribution in [0.15, 0.2) is 60.8 Å². The van der Waals surface area contributed by atoms with Crippen LogP contribution in [-0.4, -0.2) is 65.3 Å². The highest BCUT2D eigenvalue weighted by atomic mass is 16.5. The number of rotatable bonds is 6. The van der Waals surface area contributed by atoms with Crippen molar-refractivity contribution in [1.82, 2.24) is 19.6 Å². The average molecular weight is 405 g/mol. The summed E-state index contributed by atoms with van der Waals surface area (Å²) in [6.07, 6.45) is 1.88. The number of ether oxygens (including phenoxy) is 1. The predicted molar refractivity (Wildman–Crippen MR) is 118 cm³/mol. The van der Waals surface area contributed by atoms with Gasteiger partial charge in [0.05, 0.1) is 19.2 Å². The van der Waals surface area contributed by atoms with Crippen LogP contribution in [0, 0.1) is 0 Å². The quantitative estimate of drug-likeness (QED) is 0.632. The molecule has 2 heterocycles. The Balaban J connectivity index is 1.69. The lowest BCUT2D eigenvalue weighted by molar-refractivity contribution is 0.0644. The van der Waals surface area contributed by atoms with Gasteiger partial charge in [0, 0.05) is 37.9 Å². The van der Waals surface area contributed by atoms with Crippen molar-refractivity contribution in [3.8, 4) is 17.0 Å². The van der Waals surface area contributed by atoms with Crippen molar-refractivity contribution in [3.05, 3.63) is 71.9 Å². The molecule has 0 saturated carbocycles. The molecule has 1 amide bonds. The topological polar surface area (TPSA) is 50.6 Å². The fourth-order valence-corrected chi connectivity index (χ4v) is 3.91. The summed E-state index contributed by atoms with van der Waals surface area (Å²) in [5.41, 5.74) is 3.27. The van der Waals surface area contributed by atoms with Crippen LogP contribution in [0.1, 0.15) is 22.8 Å². The van der Waals surface area contributed by atoms with E-state index in [4.69, 9.17) is 9.84 Å². The molecule has 6 heteroatoms. The fraction of sp³-hybridized carbons (Fsp3) is 0.333. The molecule has 3 aromatic rings. The lowest BCUT2D eigenvalue weighted by Crippen LogP contribution is -2.48. The highest BCUT2D eigenvalue weighted by Crippen LogP contribution is 2.32. The molecule has 1 aliphatic heterocycles. The van der Waals surface area contributed by atoms with Crippen molar-refractivity contribution in [2.75, 3.05) is 39.8 Å². The van der Waals surface area contributed by atoms with Gasteiger partial charge in [-0.1, -0.05) is 49.4 Å². The van der Waals surface area contributed by atoms with Gasteiger partial charge in [-0.2, -0.15) is 5.10 Å². The number of benzene rings is 2. The van der Waals surface area contributed by atoms with E-state index in [1.165, 1.54) is 0 Å². The molecule has 2 aromatic carbocycles. The summed E-state index contributed by atoms with van der Waals surface area (Å²) >= 11 is 0. The summed E-state index contributed by atoms with van der Waals surface area (Å²) in [5.74, 6) is 0.748. The first-order valence-electron chi connectivity index (χ1n) is 10.5. The van der Waals surface area contributed by atoms with Crippen LogP contribution in [-0.2, 0) is 6.54 Å². The minimum absolute atomic E-state index is 0.0333. The molecule has 4 rings (SSSR count). The number of amides is 1. The van der Waals surface area contributed by atoms with Crippen molar-refractivity contribution in [2.45, 2.75) is 13.5 Å². The van der Waals surface area contributed by atoms with Crippen LogP contribution in [0.25, 0.3) is 11.3 Å². The number of hydrogen-bond donors (Lipinski definition) is 0. The highest BCUT2D eigenvalue weighted by Gasteiger charge is 2.27. The first-order chi connectivity index (χ1) is 14.7. The number of hydrogen-bond acceptors (Lipinski definition) is 4. The molecular weight excluding hydrogens is 376 g/mol. The normalized spacial score (nSPS) is 14.7. The second kappa shape index (κ2) is 9.13. The van der Waals surface area contributed by atoms with Gasteiger partial charge >= 0.3 is 0 Å². The van der Waals surface area contributed by atoms with E-state index in [2.05, 4.69) is 24.0 Å². The summed E-state index contributed by atoms with van der Waals surface area (Å²) in [5, 5.41) is 4.81. The van der Waals surface area contributed by atoms with Crippen molar-refractivity contribution >= 4 is 5.91 Å². The third-order valence-electron chi connectivity index (χ3n) is 5.65. The molecule has 0 aliphatic carbocycles. The molecule has 1 aliphatic rings. The molecule has 0 atom stereocenters. The van der Waals surface area contributed by atoms with Crippen molar-refractivity contribution in [1.29, 1.82) is 0 Å². The van der Waals surface area contributed by atoms with Crippen LogP contribution < -0.4 is 4.74 Å². The van der Waals surface area contributed by atoms with Crippen molar-refractivity contribution < 1.29 is 9.53 Å². The molecule has 156 valence electrons. The number of carbonyl (C=O) groups excluding carboxylic acids is 1. The Morgan fingerprint density at radius 1 is 1.00 bits per heavy atom. The van der Waals surface area contributed by atoms with E-state index < -0.39 is 0 Å². The Kier molecular flexibility index (Phi) is 6.14. The SMILES string of the molecule is CCN1CCN(C(=O)c2cn(Cc3ccccc3)nc2-c2ccccc2OC)CC1. The molecular formula is C24H28N4O2. The van der Waals surface area contributed by atoms with Crippen LogP contribution in [0.5, 0.6) is 5.75 Å². The maximum atomic E-state index is 13.5. The Morgan fingerprint density at radius 3 is 2.40 bits per heavy atom. The largest absolute Gasteiger partial charge is 0.496 e. The van der Waals surface area contributed by atoms with Gasteiger partial charge in [-0.25, -0.2) is 0 Å². The minimum atomic E-state index is 0.0333. The Morgan fingerprint density at radius 2 is 1.70 bits per heavy atom. The fourth-order valence-electron chi connectivity index (χ4n) is 3.91. The predicted octanol–water partition coefficient (Wildman–Crippen LogP) is 3.38. The maximum Gasteiger partial charge on any atom is 0.257 e. The van der Waals surface area contributed by atoms with Crippen LogP contribution in [0.2, 0.25) is 0 Å². The molecule has 0 unspecified atom stereocenters. The molecule has 0 N–H and O–H groups in total. The molecule has 0 radical (unpaired) electrons. The van der Waals surface area contributed by atoms with Gasteiger partial charge in [0.15, 0.2) is 0 Å². The van der Waals surface area contributed by atoms with E-state index in [0.29, 0.717) is 23.6 Å². The Hall–Kier alpha value is -3.12. The third-order valence-corrected chi connectivity index (χ3v) is 5.65. The number of aromatic nitrogens is 2. The van der Waals surface area contributed by atoms with Crippen LogP contribution in [0.3, 0.4) is 0 Å².